The molecule has 0 spiro atoms. The summed E-state index contributed by atoms with van der Waals surface area (Å²) in [5.74, 6) is 3.86. The van der Waals surface area contributed by atoms with Gasteiger partial charge in [0.05, 0.1) is 9.75 Å². The van der Waals surface area contributed by atoms with Gasteiger partial charge in [-0.05, 0) is 32.9 Å². The van der Waals surface area contributed by atoms with Crippen LogP contribution >= 0.6 is 11.3 Å². The Morgan fingerprint density at radius 3 is 2.58 bits per heavy atom. The normalized spacial score (nSPS) is 12.2. The van der Waals surface area contributed by atoms with Gasteiger partial charge in [-0.3, -0.25) is 9.59 Å². The first-order chi connectivity index (χ1) is 8.69. The molecule has 0 saturated heterocycles. The maximum absolute atomic E-state index is 11.7. The average molecular weight is 281 g/mol. The molecule has 0 bridgehead atoms. The van der Waals surface area contributed by atoms with Crippen molar-refractivity contribution in [3.8, 4) is 11.8 Å². The van der Waals surface area contributed by atoms with Gasteiger partial charge in [0.15, 0.2) is 0 Å². The van der Waals surface area contributed by atoms with Crippen molar-refractivity contribution in [3.63, 3.8) is 0 Å². The molecule has 1 rings (SSSR count). The summed E-state index contributed by atoms with van der Waals surface area (Å²) < 4.78 is 0. The monoisotopic (exact) mass is 281 g/mol. The average Bonchev–Trinajstić information content (AvgIpc) is 2.73. The number of nitrogens with one attached hydrogen (secondary N) is 1. The summed E-state index contributed by atoms with van der Waals surface area (Å²) in [7, 11) is 0. The van der Waals surface area contributed by atoms with Gasteiger partial charge >= 0.3 is 5.97 Å². The molecule has 0 radical (unpaired) electrons. The van der Waals surface area contributed by atoms with E-state index >= 15 is 0 Å². The number of carbonyl (C=O) groups excluding carboxylic acids is 1. The number of carboxylic acids is 1. The highest BCUT2D eigenvalue weighted by Crippen LogP contribution is 2.15. The fraction of sp³-hybridized carbons (Fsp3) is 0.385. The largest absolute Gasteiger partial charge is 0.480 e. The number of aliphatic hydroxyl groups is 1. The van der Waals surface area contributed by atoms with E-state index in [1.54, 1.807) is 26.0 Å². The van der Waals surface area contributed by atoms with Gasteiger partial charge in [-0.1, -0.05) is 11.8 Å². The van der Waals surface area contributed by atoms with Gasteiger partial charge in [-0.2, -0.15) is 0 Å². The summed E-state index contributed by atoms with van der Waals surface area (Å²) in [6.07, 6.45) is 0. The maximum Gasteiger partial charge on any atom is 0.325 e. The minimum absolute atomic E-state index is 0.383. The smallest absolute Gasteiger partial charge is 0.325 e. The zero-order chi connectivity index (χ0) is 14.6. The van der Waals surface area contributed by atoms with Crippen LogP contribution in [-0.2, 0) is 4.79 Å². The first kappa shape index (κ1) is 15.2. The quantitative estimate of drug-likeness (QED) is 0.723. The number of hydrogen-bond acceptors (Lipinski definition) is 4. The number of amides is 1. The van der Waals surface area contributed by atoms with E-state index < -0.39 is 23.5 Å². The van der Waals surface area contributed by atoms with Crippen molar-refractivity contribution in [2.24, 2.45) is 0 Å². The lowest BCUT2D eigenvalue weighted by Crippen LogP contribution is -2.37. The Labute approximate surface area is 115 Å². The first-order valence-electron chi connectivity index (χ1n) is 5.58. The van der Waals surface area contributed by atoms with Crippen LogP contribution in [0.25, 0.3) is 0 Å². The van der Waals surface area contributed by atoms with E-state index in [0.717, 1.165) is 11.3 Å². The number of thiophene rings is 1. The topological polar surface area (TPSA) is 86.6 Å². The predicted molar refractivity (Wildman–Crippen MR) is 72.1 cm³/mol. The SMILES string of the molecule is C[C@@H](NC(=O)c1ccc(C#CC(C)(C)O)s1)C(=O)O. The molecule has 1 amide bonds. The molecule has 1 atom stereocenters. The van der Waals surface area contributed by atoms with Gasteiger partial charge in [0, 0.05) is 0 Å². The van der Waals surface area contributed by atoms with Crippen molar-refractivity contribution >= 4 is 23.2 Å². The summed E-state index contributed by atoms with van der Waals surface area (Å²) in [5.41, 5.74) is -1.09. The Kier molecular flexibility index (Phi) is 4.70. The van der Waals surface area contributed by atoms with Crippen molar-refractivity contribution in [2.45, 2.75) is 32.4 Å². The van der Waals surface area contributed by atoms with E-state index in [0.29, 0.717) is 9.75 Å². The van der Waals surface area contributed by atoms with Crippen LogP contribution < -0.4 is 5.32 Å². The molecule has 0 aliphatic heterocycles. The molecule has 1 aromatic rings. The summed E-state index contributed by atoms with van der Waals surface area (Å²) in [4.78, 5) is 23.4. The van der Waals surface area contributed by atoms with Gasteiger partial charge < -0.3 is 15.5 Å². The molecule has 3 N–H and O–H groups in total. The number of carboxylic acid groups (broad SMARTS) is 1. The lowest BCUT2D eigenvalue weighted by molar-refractivity contribution is -0.138. The minimum atomic E-state index is -1.09. The van der Waals surface area contributed by atoms with Crippen molar-refractivity contribution in [3.05, 3.63) is 21.9 Å². The van der Waals surface area contributed by atoms with Crippen LogP contribution in [0.4, 0.5) is 0 Å². The van der Waals surface area contributed by atoms with Crippen LogP contribution in [0.3, 0.4) is 0 Å². The Morgan fingerprint density at radius 1 is 1.42 bits per heavy atom. The maximum atomic E-state index is 11.7. The molecular weight excluding hydrogens is 266 g/mol. The van der Waals surface area contributed by atoms with Gasteiger partial charge in [-0.15, -0.1) is 11.3 Å². The Morgan fingerprint density at radius 2 is 2.05 bits per heavy atom. The van der Waals surface area contributed by atoms with Crippen molar-refractivity contribution < 1.29 is 19.8 Å². The van der Waals surface area contributed by atoms with E-state index in [1.165, 1.54) is 6.92 Å². The third-order valence-corrected chi connectivity index (χ3v) is 3.04. The van der Waals surface area contributed by atoms with E-state index in [-0.39, 0.29) is 0 Å². The fourth-order valence-electron chi connectivity index (χ4n) is 1.07. The third-order valence-electron chi connectivity index (χ3n) is 2.04. The highest BCUT2D eigenvalue weighted by atomic mass is 32.1. The van der Waals surface area contributed by atoms with Crippen LogP contribution in [0.15, 0.2) is 12.1 Å². The lowest BCUT2D eigenvalue weighted by atomic mass is 10.1. The van der Waals surface area contributed by atoms with Gasteiger partial charge in [0.1, 0.15) is 11.6 Å². The zero-order valence-corrected chi connectivity index (χ0v) is 11.7. The Bertz CT molecular complexity index is 545. The number of rotatable bonds is 3. The first-order valence-corrected chi connectivity index (χ1v) is 6.40. The molecule has 102 valence electrons. The van der Waals surface area contributed by atoms with E-state index in [4.69, 9.17) is 5.11 Å². The highest BCUT2D eigenvalue weighted by molar-refractivity contribution is 7.14. The number of aliphatic carboxylic acids is 1. The second kappa shape index (κ2) is 5.87. The van der Waals surface area contributed by atoms with E-state index in [2.05, 4.69) is 17.2 Å². The molecule has 0 fully saturated rings. The summed E-state index contributed by atoms with van der Waals surface area (Å²) in [6, 6.07) is 2.28. The predicted octanol–water partition coefficient (Wildman–Crippen LogP) is 1.07. The zero-order valence-electron chi connectivity index (χ0n) is 10.9. The summed E-state index contributed by atoms with van der Waals surface area (Å²) >= 11 is 1.15. The van der Waals surface area contributed by atoms with E-state index in [9.17, 15) is 14.7 Å². The lowest BCUT2D eigenvalue weighted by Gasteiger charge is -2.07. The van der Waals surface area contributed by atoms with Gasteiger partial charge in [-0.25, -0.2) is 0 Å². The van der Waals surface area contributed by atoms with Crippen molar-refractivity contribution in [2.75, 3.05) is 0 Å². The van der Waals surface area contributed by atoms with Crippen LogP contribution in [0.2, 0.25) is 0 Å². The van der Waals surface area contributed by atoms with Crippen LogP contribution in [0.5, 0.6) is 0 Å². The molecule has 0 unspecified atom stereocenters. The third kappa shape index (κ3) is 5.12. The molecule has 0 aliphatic rings. The van der Waals surface area contributed by atoms with Gasteiger partial charge in [0.25, 0.3) is 5.91 Å². The minimum Gasteiger partial charge on any atom is -0.480 e. The summed E-state index contributed by atoms with van der Waals surface area (Å²) in [6.45, 7) is 4.52. The molecule has 0 aromatic carbocycles. The standard InChI is InChI=1S/C13H15NO4S/c1-8(12(16)17)14-11(15)10-5-4-9(19-10)6-7-13(2,3)18/h4-5,8,18H,1-3H3,(H,14,15)(H,16,17)/t8-/m1/s1. The molecule has 5 nitrogen and oxygen atoms in total. The van der Waals surface area contributed by atoms with Crippen LogP contribution in [-0.4, -0.2) is 33.7 Å². The molecule has 1 aromatic heterocycles. The molecule has 0 aliphatic carbocycles. The van der Waals surface area contributed by atoms with Gasteiger partial charge in [0.2, 0.25) is 0 Å². The Balaban J connectivity index is 2.77. The molecule has 6 heteroatoms. The molecule has 1 heterocycles. The van der Waals surface area contributed by atoms with Crippen LogP contribution in [0, 0.1) is 11.8 Å². The summed E-state index contributed by atoms with van der Waals surface area (Å²) in [5, 5.41) is 20.5. The fourth-order valence-corrected chi connectivity index (χ4v) is 1.83. The molecule has 0 saturated carbocycles. The molecule has 19 heavy (non-hydrogen) atoms. The Hall–Kier alpha value is -1.84. The van der Waals surface area contributed by atoms with Crippen molar-refractivity contribution in [1.82, 2.24) is 5.32 Å². The van der Waals surface area contributed by atoms with Crippen LogP contribution in [0.1, 0.15) is 35.3 Å². The second-order valence-corrected chi connectivity index (χ2v) is 5.59. The van der Waals surface area contributed by atoms with E-state index in [1.807, 2.05) is 0 Å². The highest BCUT2D eigenvalue weighted by Gasteiger charge is 2.16. The number of carbonyl (C=O) groups is 2. The van der Waals surface area contributed by atoms with Crippen molar-refractivity contribution in [1.29, 1.82) is 0 Å². The number of hydrogen-bond donors (Lipinski definition) is 3. The molecular formula is C13H15NO4S. The second-order valence-electron chi connectivity index (χ2n) is 4.51.